The Morgan fingerprint density at radius 3 is 2.45 bits per heavy atom. The van der Waals surface area contributed by atoms with Crippen molar-refractivity contribution in [2.45, 2.75) is 32.6 Å². The fraction of sp³-hybridized carbons (Fsp3) is 0.600. The number of nitrogens with two attached hydrogens (primary N) is 1. The number of rotatable bonds is 5. The number of aryl methyl sites for hydroxylation is 1. The first-order chi connectivity index (χ1) is 9.69. The van der Waals surface area contributed by atoms with Gasteiger partial charge < -0.3 is 10.6 Å². The van der Waals surface area contributed by atoms with Crippen molar-refractivity contribution in [3.05, 3.63) is 10.9 Å². The number of nitrogen functional groups attached to an aromatic ring is 1. The Morgan fingerprint density at radius 1 is 1.20 bits per heavy atom. The predicted molar refractivity (Wildman–Crippen MR) is 84.2 cm³/mol. The van der Waals surface area contributed by atoms with Crippen molar-refractivity contribution in [1.29, 1.82) is 0 Å². The fourth-order valence-corrected chi connectivity index (χ4v) is 3.64. The van der Waals surface area contributed by atoms with Crippen LogP contribution in [0.15, 0.2) is 6.07 Å². The minimum atomic E-state index is 0.408. The molecule has 2 heterocycles. The first-order valence-electron chi connectivity index (χ1n) is 7.47. The molecule has 2 N–H and O–H groups in total. The van der Waals surface area contributed by atoms with Crippen molar-refractivity contribution in [1.82, 2.24) is 9.97 Å². The highest BCUT2D eigenvalue weighted by Crippen LogP contribution is 2.38. The molecular weight excluding hydrogens is 268 g/mol. The molecule has 2 saturated carbocycles. The Balaban J connectivity index is 1.75. The Labute approximate surface area is 123 Å². The third-order valence-corrected chi connectivity index (χ3v) is 5.11. The molecule has 2 aliphatic rings. The van der Waals surface area contributed by atoms with E-state index >= 15 is 0 Å². The molecule has 0 aromatic carbocycles. The lowest BCUT2D eigenvalue weighted by Crippen LogP contribution is -2.29. The Morgan fingerprint density at radius 2 is 1.85 bits per heavy atom. The summed E-state index contributed by atoms with van der Waals surface area (Å²) in [6.07, 6.45) is 5.47. The molecule has 2 aromatic heterocycles. The van der Waals surface area contributed by atoms with E-state index in [-0.39, 0.29) is 0 Å². The van der Waals surface area contributed by atoms with Gasteiger partial charge >= 0.3 is 0 Å². The van der Waals surface area contributed by atoms with Crippen LogP contribution in [0.2, 0.25) is 0 Å². The minimum Gasteiger partial charge on any atom is -0.368 e. The lowest BCUT2D eigenvalue weighted by Gasteiger charge is -2.24. The molecular formula is C15H20N4S. The van der Waals surface area contributed by atoms with Crippen molar-refractivity contribution in [2.24, 2.45) is 11.8 Å². The number of fused-ring (bicyclic) bond motifs is 1. The van der Waals surface area contributed by atoms with Gasteiger partial charge in [0, 0.05) is 18.0 Å². The second-order valence-electron chi connectivity index (χ2n) is 6.27. The molecule has 2 fully saturated rings. The van der Waals surface area contributed by atoms with Crippen molar-refractivity contribution in [2.75, 3.05) is 23.7 Å². The maximum atomic E-state index is 5.92. The Hall–Kier alpha value is -1.36. The highest BCUT2D eigenvalue weighted by Gasteiger charge is 2.31. The van der Waals surface area contributed by atoms with Crippen molar-refractivity contribution < 1.29 is 0 Å². The lowest BCUT2D eigenvalue weighted by atomic mass is 10.2. The van der Waals surface area contributed by atoms with Crippen LogP contribution in [-0.4, -0.2) is 23.1 Å². The van der Waals surface area contributed by atoms with Gasteiger partial charge in [-0.1, -0.05) is 0 Å². The summed E-state index contributed by atoms with van der Waals surface area (Å²) in [6.45, 7) is 4.40. The van der Waals surface area contributed by atoms with Crippen molar-refractivity contribution in [3.8, 4) is 0 Å². The van der Waals surface area contributed by atoms with Crippen LogP contribution in [0, 0.1) is 18.8 Å². The van der Waals surface area contributed by atoms with E-state index in [1.807, 2.05) is 0 Å². The first kappa shape index (κ1) is 12.4. The number of aromatic nitrogens is 2. The molecule has 20 heavy (non-hydrogen) atoms. The van der Waals surface area contributed by atoms with Crippen LogP contribution in [-0.2, 0) is 0 Å². The van der Waals surface area contributed by atoms with Crippen molar-refractivity contribution >= 4 is 33.3 Å². The summed E-state index contributed by atoms with van der Waals surface area (Å²) in [6, 6.07) is 2.21. The summed E-state index contributed by atoms with van der Waals surface area (Å²) in [5.74, 6) is 3.20. The molecule has 0 radical (unpaired) electrons. The average Bonchev–Trinajstić information content (AvgIpc) is 3.29. The lowest BCUT2D eigenvalue weighted by molar-refractivity contribution is 0.674. The summed E-state index contributed by atoms with van der Waals surface area (Å²) in [5, 5.41) is 1.18. The van der Waals surface area contributed by atoms with Crippen LogP contribution in [0.1, 0.15) is 30.6 Å². The van der Waals surface area contributed by atoms with Gasteiger partial charge in [-0.15, -0.1) is 11.3 Å². The van der Waals surface area contributed by atoms with Crippen LogP contribution in [0.25, 0.3) is 10.2 Å². The van der Waals surface area contributed by atoms with E-state index in [1.54, 1.807) is 11.3 Å². The highest BCUT2D eigenvalue weighted by atomic mass is 32.1. The molecule has 2 aromatic rings. The van der Waals surface area contributed by atoms with Gasteiger partial charge in [-0.25, -0.2) is 4.98 Å². The van der Waals surface area contributed by atoms with Crippen LogP contribution in [0.3, 0.4) is 0 Å². The predicted octanol–water partition coefficient (Wildman–Crippen LogP) is 3.21. The summed E-state index contributed by atoms with van der Waals surface area (Å²) < 4.78 is 0. The Bertz CT molecular complexity index is 629. The Kier molecular flexibility index (Phi) is 2.84. The molecule has 4 rings (SSSR count). The van der Waals surface area contributed by atoms with E-state index in [9.17, 15) is 0 Å². The van der Waals surface area contributed by atoms with E-state index in [2.05, 4.69) is 27.9 Å². The minimum absolute atomic E-state index is 0.408. The van der Waals surface area contributed by atoms with Gasteiger partial charge in [-0.2, -0.15) is 4.98 Å². The van der Waals surface area contributed by atoms with Crippen LogP contribution in [0.5, 0.6) is 0 Å². The zero-order valence-corrected chi connectivity index (χ0v) is 12.6. The van der Waals surface area contributed by atoms with Crippen molar-refractivity contribution in [3.63, 3.8) is 0 Å². The maximum Gasteiger partial charge on any atom is 0.223 e. The largest absolute Gasteiger partial charge is 0.368 e. The summed E-state index contributed by atoms with van der Waals surface area (Å²) in [4.78, 5) is 13.7. The molecule has 0 aliphatic heterocycles. The fourth-order valence-electron chi connectivity index (χ4n) is 2.76. The maximum absolute atomic E-state index is 5.92. The van der Waals surface area contributed by atoms with Crippen LogP contribution < -0.4 is 10.6 Å². The first-order valence-corrected chi connectivity index (χ1v) is 8.29. The van der Waals surface area contributed by atoms with E-state index < -0.39 is 0 Å². The number of hydrogen-bond donors (Lipinski definition) is 1. The van der Waals surface area contributed by atoms with Gasteiger partial charge in [-0.05, 0) is 50.5 Å². The van der Waals surface area contributed by atoms with Gasteiger partial charge in [-0.3, -0.25) is 0 Å². The summed E-state index contributed by atoms with van der Waals surface area (Å²) in [5.41, 5.74) is 5.92. The number of nitrogens with zero attached hydrogens (tertiary/aromatic N) is 3. The smallest absolute Gasteiger partial charge is 0.223 e. The molecule has 0 atom stereocenters. The van der Waals surface area contributed by atoms with Gasteiger partial charge in [0.25, 0.3) is 0 Å². The molecule has 0 saturated heterocycles. The normalized spacial score (nSPS) is 18.6. The van der Waals surface area contributed by atoms with Gasteiger partial charge in [0.2, 0.25) is 5.95 Å². The molecule has 106 valence electrons. The second-order valence-corrected chi connectivity index (χ2v) is 7.51. The SMILES string of the molecule is Cc1cc2c(N(CC3CC3)CC3CC3)nc(N)nc2s1. The molecule has 0 spiro atoms. The van der Waals surface area contributed by atoms with E-state index in [4.69, 9.17) is 5.73 Å². The molecule has 4 nitrogen and oxygen atoms in total. The second kappa shape index (κ2) is 4.58. The zero-order valence-electron chi connectivity index (χ0n) is 11.8. The topological polar surface area (TPSA) is 55.0 Å². The number of thiophene rings is 1. The molecule has 2 aliphatic carbocycles. The third kappa shape index (κ3) is 2.46. The monoisotopic (exact) mass is 288 g/mol. The molecule has 5 heteroatoms. The number of hydrogen-bond acceptors (Lipinski definition) is 5. The van der Waals surface area contributed by atoms with Gasteiger partial charge in [0.05, 0.1) is 5.39 Å². The van der Waals surface area contributed by atoms with E-state index in [1.165, 1.54) is 35.9 Å². The highest BCUT2D eigenvalue weighted by molar-refractivity contribution is 7.18. The zero-order chi connectivity index (χ0) is 13.7. The quantitative estimate of drug-likeness (QED) is 0.918. The van der Waals surface area contributed by atoms with Crippen LogP contribution >= 0.6 is 11.3 Å². The van der Waals surface area contributed by atoms with Crippen LogP contribution in [0.4, 0.5) is 11.8 Å². The molecule has 0 bridgehead atoms. The van der Waals surface area contributed by atoms with Gasteiger partial charge in [0.15, 0.2) is 0 Å². The summed E-state index contributed by atoms with van der Waals surface area (Å²) in [7, 11) is 0. The average molecular weight is 288 g/mol. The number of anilines is 2. The third-order valence-electron chi connectivity index (χ3n) is 4.16. The standard InChI is InChI=1S/C15H20N4S/c1-9-6-12-13(17-15(16)18-14(12)20-9)19(7-10-2-3-10)8-11-4-5-11/h6,10-11H,2-5,7-8H2,1H3,(H2,16,17,18). The molecule has 0 amide bonds. The molecule has 0 unspecified atom stereocenters. The van der Waals surface area contributed by atoms with E-state index in [0.717, 1.165) is 35.6 Å². The van der Waals surface area contributed by atoms with Gasteiger partial charge in [0.1, 0.15) is 10.6 Å². The van der Waals surface area contributed by atoms with E-state index in [0.29, 0.717) is 5.95 Å². The summed E-state index contributed by atoms with van der Waals surface area (Å²) >= 11 is 1.71.